The number of pyridine rings is 1. The lowest BCUT2D eigenvalue weighted by Gasteiger charge is -2.14. The first-order valence-electron chi connectivity index (χ1n) is 8.04. The van der Waals surface area contributed by atoms with Gasteiger partial charge in [0.25, 0.3) is 0 Å². The van der Waals surface area contributed by atoms with E-state index in [2.05, 4.69) is 25.3 Å². The molecular formula is C17H18F3N7. The summed E-state index contributed by atoms with van der Waals surface area (Å²) in [6.45, 7) is 0.262. The Kier molecular flexibility index (Phi) is 4.98. The molecule has 0 saturated carbocycles. The molecule has 0 fully saturated rings. The van der Waals surface area contributed by atoms with Gasteiger partial charge in [0.2, 0.25) is 5.95 Å². The summed E-state index contributed by atoms with van der Waals surface area (Å²) in [4.78, 5) is 17.9. The second kappa shape index (κ2) is 7.22. The number of nitrogens with zero attached hydrogens (tertiary/aromatic N) is 6. The highest BCUT2D eigenvalue weighted by atomic mass is 19.4. The first-order valence-corrected chi connectivity index (χ1v) is 8.04. The van der Waals surface area contributed by atoms with Crippen molar-refractivity contribution >= 4 is 11.8 Å². The zero-order valence-electron chi connectivity index (χ0n) is 15.0. The Balaban J connectivity index is 1.91. The molecule has 3 aromatic rings. The number of anilines is 2. The SMILES string of the molecule is CN(C)c1ncc(CNc2cc(C(F)(F)F)nc(-c3cccnc3)n2)n1C. The summed E-state index contributed by atoms with van der Waals surface area (Å²) in [5, 5.41) is 2.93. The van der Waals surface area contributed by atoms with Gasteiger partial charge in [-0.15, -0.1) is 0 Å². The Morgan fingerprint density at radius 1 is 1.19 bits per heavy atom. The molecule has 0 aliphatic heterocycles. The number of alkyl halides is 3. The first kappa shape index (κ1) is 18.6. The summed E-state index contributed by atoms with van der Waals surface area (Å²) in [5.41, 5.74) is 0.189. The summed E-state index contributed by atoms with van der Waals surface area (Å²) in [6, 6.07) is 4.12. The third-order valence-corrected chi connectivity index (χ3v) is 3.85. The van der Waals surface area contributed by atoms with E-state index in [4.69, 9.17) is 0 Å². The minimum absolute atomic E-state index is 0.0422. The predicted molar refractivity (Wildman–Crippen MR) is 95.1 cm³/mol. The van der Waals surface area contributed by atoms with E-state index >= 15 is 0 Å². The maximum Gasteiger partial charge on any atom is 0.433 e. The fourth-order valence-electron chi connectivity index (χ4n) is 2.50. The highest BCUT2D eigenvalue weighted by Gasteiger charge is 2.33. The molecule has 0 amide bonds. The minimum Gasteiger partial charge on any atom is -0.364 e. The van der Waals surface area contributed by atoms with Crippen molar-refractivity contribution in [2.45, 2.75) is 12.7 Å². The number of halogens is 3. The number of imidazole rings is 1. The van der Waals surface area contributed by atoms with Gasteiger partial charge in [0.15, 0.2) is 11.5 Å². The molecule has 3 heterocycles. The van der Waals surface area contributed by atoms with Gasteiger partial charge in [-0.3, -0.25) is 4.98 Å². The lowest BCUT2D eigenvalue weighted by molar-refractivity contribution is -0.141. The zero-order valence-corrected chi connectivity index (χ0v) is 15.0. The molecule has 3 aromatic heterocycles. The summed E-state index contributed by atoms with van der Waals surface area (Å²) < 4.78 is 41.5. The van der Waals surface area contributed by atoms with Gasteiger partial charge < -0.3 is 14.8 Å². The average Bonchev–Trinajstić information content (AvgIpc) is 3.00. The van der Waals surface area contributed by atoms with E-state index in [1.165, 1.54) is 12.4 Å². The number of hydrogen-bond acceptors (Lipinski definition) is 6. The number of aromatic nitrogens is 5. The smallest absolute Gasteiger partial charge is 0.364 e. The van der Waals surface area contributed by atoms with Crippen LogP contribution < -0.4 is 10.2 Å². The van der Waals surface area contributed by atoms with Crippen molar-refractivity contribution in [2.24, 2.45) is 7.05 Å². The van der Waals surface area contributed by atoms with Gasteiger partial charge in [0.1, 0.15) is 5.82 Å². The van der Waals surface area contributed by atoms with Crippen molar-refractivity contribution in [3.05, 3.63) is 48.2 Å². The maximum atomic E-state index is 13.2. The fraction of sp³-hybridized carbons (Fsp3) is 0.294. The third kappa shape index (κ3) is 4.15. The molecule has 0 aliphatic rings. The van der Waals surface area contributed by atoms with Crippen molar-refractivity contribution in [2.75, 3.05) is 24.3 Å². The molecule has 3 rings (SSSR count). The van der Waals surface area contributed by atoms with Crippen LogP contribution in [0.4, 0.5) is 24.9 Å². The number of rotatable bonds is 5. The van der Waals surface area contributed by atoms with Gasteiger partial charge in [0.05, 0.1) is 18.4 Å². The van der Waals surface area contributed by atoms with E-state index in [1.54, 1.807) is 18.3 Å². The molecule has 0 saturated heterocycles. The van der Waals surface area contributed by atoms with Gasteiger partial charge in [-0.1, -0.05) is 0 Å². The Bertz CT molecular complexity index is 920. The standard InChI is InChI=1S/C17H18F3N7/c1-26(2)16-23-10-12(27(16)3)9-22-14-7-13(17(18,19)20)24-15(25-14)11-5-4-6-21-8-11/h4-8,10H,9H2,1-3H3,(H,22,24,25). The molecule has 0 aliphatic carbocycles. The zero-order chi connectivity index (χ0) is 19.6. The molecule has 0 bridgehead atoms. The highest BCUT2D eigenvalue weighted by Crippen LogP contribution is 2.30. The molecule has 10 heteroatoms. The molecular weight excluding hydrogens is 359 g/mol. The van der Waals surface area contributed by atoms with Crippen LogP contribution in [-0.2, 0) is 19.8 Å². The fourth-order valence-corrected chi connectivity index (χ4v) is 2.50. The van der Waals surface area contributed by atoms with Crippen molar-refractivity contribution < 1.29 is 13.2 Å². The lowest BCUT2D eigenvalue weighted by atomic mass is 10.2. The monoisotopic (exact) mass is 377 g/mol. The predicted octanol–water partition coefficient (Wildman–Crippen LogP) is 2.97. The van der Waals surface area contributed by atoms with Gasteiger partial charge in [-0.2, -0.15) is 13.2 Å². The first-order chi connectivity index (χ1) is 12.8. The quantitative estimate of drug-likeness (QED) is 0.737. The van der Waals surface area contributed by atoms with Crippen LogP contribution in [0.2, 0.25) is 0 Å². The summed E-state index contributed by atoms with van der Waals surface area (Å²) >= 11 is 0. The third-order valence-electron chi connectivity index (χ3n) is 3.85. The van der Waals surface area contributed by atoms with Crippen LogP contribution in [0.3, 0.4) is 0 Å². The number of nitrogens with one attached hydrogen (secondary N) is 1. The molecule has 0 atom stereocenters. The van der Waals surface area contributed by atoms with Crippen molar-refractivity contribution in [1.82, 2.24) is 24.5 Å². The van der Waals surface area contributed by atoms with Crippen molar-refractivity contribution in [1.29, 1.82) is 0 Å². The van der Waals surface area contributed by atoms with Gasteiger partial charge in [0, 0.05) is 45.2 Å². The Hall–Kier alpha value is -3.17. The number of hydrogen-bond donors (Lipinski definition) is 1. The van der Waals surface area contributed by atoms with E-state index in [0.29, 0.717) is 5.56 Å². The van der Waals surface area contributed by atoms with E-state index < -0.39 is 11.9 Å². The molecule has 27 heavy (non-hydrogen) atoms. The van der Waals surface area contributed by atoms with Crippen LogP contribution in [0.1, 0.15) is 11.4 Å². The van der Waals surface area contributed by atoms with E-state index in [9.17, 15) is 13.2 Å². The van der Waals surface area contributed by atoms with E-state index in [1.807, 2.05) is 30.6 Å². The van der Waals surface area contributed by atoms with Gasteiger partial charge >= 0.3 is 6.18 Å². The molecule has 7 nitrogen and oxygen atoms in total. The largest absolute Gasteiger partial charge is 0.433 e. The minimum atomic E-state index is -4.58. The molecule has 0 spiro atoms. The topological polar surface area (TPSA) is 71.8 Å². The van der Waals surface area contributed by atoms with Gasteiger partial charge in [-0.05, 0) is 12.1 Å². The Morgan fingerprint density at radius 2 is 1.96 bits per heavy atom. The summed E-state index contributed by atoms with van der Waals surface area (Å²) in [7, 11) is 5.56. The molecule has 142 valence electrons. The second-order valence-corrected chi connectivity index (χ2v) is 6.06. The Morgan fingerprint density at radius 3 is 2.56 bits per heavy atom. The van der Waals surface area contributed by atoms with Crippen molar-refractivity contribution in [3.8, 4) is 11.4 Å². The van der Waals surface area contributed by atoms with Crippen molar-refractivity contribution in [3.63, 3.8) is 0 Å². The van der Waals surface area contributed by atoms with Crippen LogP contribution >= 0.6 is 0 Å². The second-order valence-electron chi connectivity index (χ2n) is 6.06. The molecule has 0 radical (unpaired) electrons. The lowest BCUT2D eigenvalue weighted by Crippen LogP contribution is -2.16. The van der Waals surface area contributed by atoms with Crippen LogP contribution in [0.5, 0.6) is 0 Å². The highest BCUT2D eigenvalue weighted by molar-refractivity contribution is 5.56. The molecule has 0 aromatic carbocycles. The van der Waals surface area contributed by atoms with Crippen LogP contribution in [0, 0.1) is 0 Å². The molecule has 1 N–H and O–H groups in total. The van der Waals surface area contributed by atoms with Crippen LogP contribution in [0.25, 0.3) is 11.4 Å². The summed E-state index contributed by atoms with van der Waals surface area (Å²) in [6.07, 6.45) is 0.0297. The van der Waals surface area contributed by atoms with E-state index in [0.717, 1.165) is 17.7 Å². The van der Waals surface area contributed by atoms with Gasteiger partial charge in [-0.25, -0.2) is 15.0 Å². The van der Waals surface area contributed by atoms with Crippen LogP contribution in [-0.4, -0.2) is 38.6 Å². The average molecular weight is 377 g/mol. The van der Waals surface area contributed by atoms with Crippen LogP contribution in [0.15, 0.2) is 36.8 Å². The Labute approximate surface area is 153 Å². The maximum absolute atomic E-state index is 13.2. The summed E-state index contributed by atoms with van der Waals surface area (Å²) in [5.74, 6) is 0.768. The molecule has 0 unspecified atom stereocenters. The normalized spacial score (nSPS) is 11.5. The van der Waals surface area contributed by atoms with E-state index in [-0.39, 0.29) is 18.2 Å².